The fourth-order valence-electron chi connectivity index (χ4n) is 4.60. The summed E-state index contributed by atoms with van der Waals surface area (Å²) in [7, 11) is 7.12. The summed E-state index contributed by atoms with van der Waals surface area (Å²) in [5.41, 5.74) is 4.53. The Balaban J connectivity index is 1.51. The van der Waals surface area contributed by atoms with Crippen molar-refractivity contribution in [2.45, 2.75) is 0 Å². The highest BCUT2D eigenvalue weighted by atomic mass is 16.5. The van der Waals surface area contributed by atoms with Crippen LogP contribution >= 0.6 is 0 Å². The molecule has 9 heteroatoms. The van der Waals surface area contributed by atoms with Gasteiger partial charge in [0.2, 0.25) is 5.95 Å². The number of fused-ring (bicyclic) bond motifs is 1. The number of esters is 1. The van der Waals surface area contributed by atoms with Gasteiger partial charge in [0.15, 0.2) is 0 Å². The van der Waals surface area contributed by atoms with Crippen LogP contribution in [0.15, 0.2) is 54.9 Å². The summed E-state index contributed by atoms with van der Waals surface area (Å²) in [4.78, 5) is 26.4. The van der Waals surface area contributed by atoms with E-state index in [0.717, 1.165) is 54.0 Å². The molecule has 0 aliphatic carbocycles. The number of likely N-dealkylation sites (N-methyl/N-ethyl adjacent to an activating group) is 1. The molecule has 0 bridgehead atoms. The third-order valence-corrected chi connectivity index (χ3v) is 6.65. The molecule has 0 saturated carbocycles. The normalized spacial score (nSPS) is 14.2. The first kappa shape index (κ1) is 23.6. The van der Waals surface area contributed by atoms with Gasteiger partial charge in [0.1, 0.15) is 11.3 Å². The number of rotatable bonds is 6. The number of nitrogens with zero attached hydrogens (tertiary/aromatic N) is 5. The predicted octanol–water partition coefficient (Wildman–Crippen LogP) is 3.93. The zero-order chi connectivity index (χ0) is 25.2. The molecule has 2 aromatic heterocycles. The number of anilines is 3. The van der Waals surface area contributed by atoms with Crippen molar-refractivity contribution in [3.8, 4) is 17.0 Å². The summed E-state index contributed by atoms with van der Waals surface area (Å²) in [5, 5.41) is 4.27. The number of para-hydroxylation sites is 1. The number of aromatic nitrogens is 3. The van der Waals surface area contributed by atoms with Crippen LogP contribution in [-0.2, 0) is 11.8 Å². The summed E-state index contributed by atoms with van der Waals surface area (Å²) in [6, 6.07) is 14.1. The Morgan fingerprint density at radius 3 is 2.56 bits per heavy atom. The second kappa shape index (κ2) is 9.87. The van der Waals surface area contributed by atoms with Crippen molar-refractivity contribution in [2.24, 2.45) is 7.05 Å². The molecule has 186 valence electrons. The molecule has 1 aliphatic heterocycles. The lowest BCUT2D eigenvalue weighted by atomic mass is 10.1. The molecule has 5 rings (SSSR count). The van der Waals surface area contributed by atoms with E-state index in [1.54, 1.807) is 7.11 Å². The van der Waals surface area contributed by atoms with Gasteiger partial charge in [0, 0.05) is 73.8 Å². The summed E-state index contributed by atoms with van der Waals surface area (Å²) < 4.78 is 12.7. The number of carbonyl (C=O) groups is 1. The van der Waals surface area contributed by atoms with Crippen LogP contribution in [0, 0.1) is 0 Å². The van der Waals surface area contributed by atoms with Crippen LogP contribution in [0.4, 0.5) is 17.3 Å². The predicted molar refractivity (Wildman–Crippen MR) is 141 cm³/mol. The van der Waals surface area contributed by atoms with E-state index in [-0.39, 0.29) is 0 Å². The molecule has 2 aromatic carbocycles. The van der Waals surface area contributed by atoms with E-state index >= 15 is 0 Å². The smallest absolute Gasteiger partial charge is 0.341 e. The number of benzene rings is 2. The molecule has 3 heterocycles. The first-order chi connectivity index (χ1) is 17.5. The molecular formula is C27H30N6O3. The minimum atomic E-state index is -0.487. The second-order valence-corrected chi connectivity index (χ2v) is 8.92. The Morgan fingerprint density at radius 2 is 1.81 bits per heavy atom. The lowest BCUT2D eigenvalue weighted by molar-refractivity contribution is 0.0601. The second-order valence-electron chi connectivity index (χ2n) is 8.92. The maximum atomic E-state index is 12.6. The van der Waals surface area contributed by atoms with Crippen molar-refractivity contribution in [3.63, 3.8) is 0 Å². The van der Waals surface area contributed by atoms with Crippen LogP contribution in [0.3, 0.4) is 0 Å². The Kier molecular flexibility index (Phi) is 6.47. The highest BCUT2D eigenvalue weighted by Crippen LogP contribution is 2.34. The first-order valence-corrected chi connectivity index (χ1v) is 11.9. The Labute approximate surface area is 210 Å². The summed E-state index contributed by atoms with van der Waals surface area (Å²) in [5.74, 6) is 0.564. The van der Waals surface area contributed by atoms with Crippen LogP contribution in [0.1, 0.15) is 10.4 Å². The number of nitrogens with one attached hydrogen (secondary N) is 1. The molecule has 0 radical (unpaired) electrons. The van der Waals surface area contributed by atoms with E-state index in [2.05, 4.69) is 33.2 Å². The lowest BCUT2D eigenvalue weighted by Gasteiger charge is -2.34. The maximum absolute atomic E-state index is 12.6. The van der Waals surface area contributed by atoms with Crippen molar-refractivity contribution >= 4 is 34.2 Å². The Hall–Kier alpha value is -4.11. The molecule has 4 aromatic rings. The van der Waals surface area contributed by atoms with E-state index in [4.69, 9.17) is 14.5 Å². The molecular weight excluding hydrogens is 456 g/mol. The summed E-state index contributed by atoms with van der Waals surface area (Å²) in [6.07, 6.45) is 3.47. The molecule has 0 amide bonds. The molecule has 0 atom stereocenters. The first-order valence-electron chi connectivity index (χ1n) is 11.9. The van der Waals surface area contributed by atoms with Gasteiger partial charge in [-0.3, -0.25) is 0 Å². The van der Waals surface area contributed by atoms with Crippen LogP contribution in [0.2, 0.25) is 0 Å². The van der Waals surface area contributed by atoms with Crippen LogP contribution < -0.4 is 15.0 Å². The SMILES string of the molecule is COC(=O)c1cnc(Nc2ccc(N3CCN(C)CC3)cc2OC)nc1-c1cn(C)c2ccccc12. The number of ether oxygens (including phenoxy) is 2. The molecule has 1 N–H and O–H groups in total. The van der Waals surface area contributed by atoms with E-state index in [1.165, 1.54) is 13.3 Å². The highest BCUT2D eigenvalue weighted by molar-refractivity contribution is 6.02. The molecule has 0 unspecified atom stereocenters. The van der Waals surface area contributed by atoms with Gasteiger partial charge < -0.3 is 29.2 Å². The van der Waals surface area contributed by atoms with Crippen LogP contribution in [-0.4, -0.2) is 72.9 Å². The average molecular weight is 487 g/mol. The van der Waals surface area contributed by atoms with Crippen LogP contribution in [0.5, 0.6) is 5.75 Å². The van der Waals surface area contributed by atoms with Crippen molar-refractivity contribution in [2.75, 3.05) is 57.7 Å². The lowest BCUT2D eigenvalue weighted by Crippen LogP contribution is -2.44. The number of piperazine rings is 1. The van der Waals surface area contributed by atoms with Gasteiger partial charge in [-0.15, -0.1) is 0 Å². The van der Waals surface area contributed by atoms with Gasteiger partial charge in [-0.1, -0.05) is 18.2 Å². The van der Waals surface area contributed by atoms with Gasteiger partial charge in [0.05, 0.1) is 25.6 Å². The third-order valence-electron chi connectivity index (χ3n) is 6.65. The van der Waals surface area contributed by atoms with E-state index in [0.29, 0.717) is 23.0 Å². The number of methoxy groups -OCH3 is 2. The molecule has 1 saturated heterocycles. The number of hydrogen-bond donors (Lipinski definition) is 1. The van der Waals surface area contributed by atoms with E-state index < -0.39 is 5.97 Å². The van der Waals surface area contributed by atoms with Gasteiger partial charge in [-0.05, 0) is 25.2 Å². The standard InChI is InChI=1S/C27H30N6O3/c1-31-11-13-33(14-12-31)18-9-10-22(24(15-18)35-3)29-27-28-16-20(26(34)36-4)25(30-27)21-17-32(2)23-8-6-5-7-19(21)23/h5-10,15-17H,11-14H2,1-4H3,(H,28,29,30). The fraction of sp³-hybridized carbons (Fsp3) is 0.296. The molecule has 0 spiro atoms. The van der Waals surface area contributed by atoms with Gasteiger partial charge in [-0.25, -0.2) is 14.8 Å². The molecule has 36 heavy (non-hydrogen) atoms. The Morgan fingerprint density at radius 1 is 1.03 bits per heavy atom. The topological polar surface area (TPSA) is 84.8 Å². The van der Waals surface area contributed by atoms with Crippen molar-refractivity contribution in [3.05, 3.63) is 60.4 Å². The van der Waals surface area contributed by atoms with E-state index in [9.17, 15) is 4.79 Å². The van der Waals surface area contributed by atoms with Gasteiger partial charge in [-0.2, -0.15) is 0 Å². The minimum absolute atomic E-state index is 0.303. The minimum Gasteiger partial charge on any atom is -0.494 e. The van der Waals surface area contributed by atoms with Crippen molar-refractivity contribution < 1.29 is 14.3 Å². The van der Waals surface area contributed by atoms with E-state index in [1.807, 2.05) is 54.2 Å². The van der Waals surface area contributed by atoms with Crippen LogP contribution in [0.25, 0.3) is 22.2 Å². The molecule has 9 nitrogen and oxygen atoms in total. The number of carbonyl (C=O) groups excluding carboxylic acids is 1. The quantitative estimate of drug-likeness (QED) is 0.411. The largest absolute Gasteiger partial charge is 0.494 e. The number of hydrogen-bond acceptors (Lipinski definition) is 8. The average Bonchev–Trinajstić information content (AvgIpc) is 3.25. The zero-order valence-electron chi connectivity index (χ0n) is 21.0. The fourth-order valence-corrected chi connectivity index (χ4v) is 4.60. The number of aryl methyl sites for hydroxylation is 1. The molecule has 1 fully saturated rings. The van der Waals surface area contributed by atoms with Crippen molar-refractivity contribution in [1.82, 2.24) is 19.4 Å². The monoisotopic (exact) mass is 486 g/mol. The van der Waals surface area contributed by atoms with Gasteiger partial charge >= 0.3 is 5.97 Å². The highest BCUT2D eigenvalue weighted by Gasteiger charge is 2.21. The zero-order valence-corrected chi connectivity index (χ0v) is 21.0. The molecule has 1 aliphatic rings. The van der Waals surface area contributed by atoms with Crippen molar-refractivity contribution in [1.29, 1.82) is 0 Å². The summed E-state index contributed by atoms with van der Waals surface area (Å²) >= 11 is 0. The third kappa shape index (κ3) is 4.45. The maximum Gasteiger partial charge on any atom is 0.341 e. The summed E-state index contributed by atoms with van der Waals surface area (Å²) in [6.45, 7) is 4.00. The Bertz CT molecular complexity index is 1410. The van der Waals surface area contributed by atoms with Gasteiger partial charge in [0.25, 0.3) is 0 Å².